The zero-order valence-corrected chi connectivity index (χ0v) is 16.5. The van der Waals surface area contributed by atoms with Crippen LogP contribution in [0.5, 0.6) is 0 Å². The lowest BCUT2D eigenvalue weighted by atomic mass is 10.1. The smallest absolute Gasteiger partial charge is 0.246 e. The van der Waals surface area contributed by atoms with Crippen LogP contribution in [0.2, 0.25) is 0 Å². The fraction of sp³-hybridized carbons (Fsp3) is 0.227. The van der Waals surface area contributed by atoms with Crippen LogP contribution in [0.25, 0.3) is 17.0 Å². The molecule has 29 heavy (non-hydrogen) atoms. The highest BCUT2D eigenvalue weighted by Crippen LogP contribution is 2.20. The minimum Gasteiger partial charge on any atom is -0.361 e. The van der Waals surface area contributed by atoms with Crippen molar-refractivity contribution in [1.82, 2.24) is 19.8 Å². The fourth-order valence-corrected chi connectivity index (χ4v) is 3.46. The molecule has 0 fully saturated rings. The molecule has 4 rings (SSSR count). The summed E-state index contributed by atoms with van der Waals surface area (Å²) < 4.78 is 0. The van der Waals surface area contributed by atoms with Crippen LogP contribution in [0.15, 0.2) is 48.8 Å². The van der Waals surface area contributed by atoms with E-state index in [-0.39, 0.29) is 11.8 Å². The molecule has 148 valence electrons. The van der Waals surface area contributed by atoms with Crippen LogP contribution in [0, 0.1) is 0 Å². The number of anilines is 1. The van der Waals surface area contributed by atoms with Crippen molar-refractivity contribution in [3.8, 4) is 0 Å². The number of likely N-dealkylation sites (N-methyl/N-ethyl adjacent to an activating group) is 2. The normalized spacial score (nSPS) is 14.6. The summed E-state index contributed by atoms with van der Waals surface area (Å²) in [6, 6.07) is 10.1. The summed E-state index contributed by atoms with van der Waals surface area (Å²) in [4.78, 5) is 35.4. The molecule has 0 radical (unpaired) electrons. The highest BCUT2D eigenvalue weighted by Gasteiger charge is 2.17. The van der Waals surface area contributed by atoms with E-state index < -0.39 is 0 Å². The number of benzene rings is 1. The van der Waals surface area contributed by atoms with E-state index in [0.717, 1.165) is 27.6 Å². The third-order valence-corrected chi connectivity index (χ3v) is 4.93. The van der Waals surface area contributed by atoms with E-state index in [4.69, 9.17) is 0 Å². The maximum Gasteiger partial charge on any atom is 0.246 e. The van der Waals surface area contributed by atoms with E-state index in [9.17, 15) is 9.59 Å². The average Bonchev–Trinajstić information content (AvgIpc) is 3.09. The van der Waals surface area contributed by atoms with Gasteiger partial charge in [-0.2, -0.15) is 0 Å². The SMILES string of the molecule is CN1CC(=O)Nc2ncc(/C=C/C(=O)N(C)Cc3ccc4cc[nH]c4c3)cc2C1. The minimum atomic E-state index is -0.0862. The Labute approximate surface area is 169 Å². The van der Waals surface area contributed by atoms with Crippen LogP contribution >= 0.6 is 0 Å². The number of nitrogens with one attached hydrogen (secondary N) is 2. The van der Waals surface area contributed by atoms with Gasteiger partial charge in [-0.3, -0.25) is 14.5 Å². The van der Waals surface area contributed by atoms with Gasteiger partial charge in [-0.15, -0.1) is 0 Å². The molecule has 2 amide bonds. The summed E-state index contributed by atoms with van der Waals surface area (Å²) in [5.41, 5.74) is 3.88. The average molecular weight is 389 g/mol. The number of carbonyl (C=O) groups is 2. The molecule has 0 aliphatic carbocycles. The Kier molecular flexibility index (Phi) is 5.14. The molecule has 2 N–H and O–H groups in total. The van der Waals surface area contributed by atoms with E-state index in [1.165, 1.54) is 0 Å². The van der Waals surface area contributed by atoms with Crippen LogP contribution < -0.4 is 5.32 Å². The van der Waals surface area contributed by atoms with Gasteiger partial charge >= 0.3 is 0 Å². The Morgan fingerprint density at radius 1 is 1.28 bits per heavy atom. The Balaban J connectivity index is 1.44. The number of aromatic amines is 1. The topological polar surface area (TPSA) is 81.3 Å². The molecule has 7 heteroatoms. The number of hydrogen-bond donors (Lipinski definition) is 2. The van der Waals surface area contributed by atoms with Crippen molar-refractivity contribution in [3.05, 3.63) is 65.5 Å². The van der Waals surface area contributed by atoms with Crippen molar-refractivity contribution < 1.29 is 9.59 Å². The third-order valence-electron chi connectivity index (χ3n) is 4.93. The number of hydrogen-bond acceptors (Lipinski definition) is 4. The summed E-state index contributed by atoms with van der Waals surface area (Å²) in [7, 11) is 3.67. The van der Waals surface area contributed by atoms with Gasteiger partial charge < -0.3 is 15.2 Å². The van der Waals surface area contributed by atoms with Gasteiger partial charge in [-0.25, -0.2) is 4.98 Å². The standard InChI is InChI=1S/C22H23N5O2/c1-26-13-18-9-15(11-24-22(18)25-20(28)14-26)4-6-21(29)27(2)12-16-3-5-17-7-8-23-19(17)10-16/h3-11,23H,12-14H2,1-2H3,(H,24,25,28)/b6-4+. The zero-order valence-electron chi connectivity index (χ0n) is 16.5. The predicted molar refractivity (Wildman–Crippen MR) is 113 cm³/mol. The lowest BCUT2D eigenvalue weighted by molar-refractivity contribution is -0.125. The first-order valence-electron chi connectivity index (χ1n) is 9.44. The number of fused-ring (bicyclic) bond motifs is 2. The van der Waals surface area contributed by atoms with Crippen molar-refractivity contribution in [2.75, 3.05) is 26.0 Å². The molecule has 0 saturated carbocycles. The molecule has 3 heterocycles. The van der Waals surface area contributed by atoms with Gasteiger partial charge in [0.2, 0.25) is 11.8 Å². The first kappa shape index (κ1) is 18.9. The van der Waals surface area contributed by atoms with E-state index in [1.54, 1.807) is 30.3 Å². The van der Waals surface area contributed by atoms with Crippen molar-refractivity contribution in [2.24, 2.45) is 0 Å². The summed E-state index contributed by atoms with van der Waals surface area (Å²) in [5.74, 6) is 0.424. The highest BCUT2D eigenvalue weighted by atomic mass is 16.2. The number of nitrogens with zero attached hydrogens (tertiary/aromatic N) is 3. The van der Waals surface area contributed by atoms with Crippen molar-refractivity contribution >= 4 is 34.6 Å². The monoisotopic (exact) mass is 389 g/mol. The number of aromatic nitrogens is 2. The van der Waals surface area contributed by atoms with Crippen molar-refractivity contribution in [1.29, 1.82) is 0 Å². The molecule has 0 atom stereocenters. The number of carbonyl (C=O) groups excluding carboxylic acids is 2. The first-order valence-corrected chi connectivity index (χ1v) is 9.44. The Morgan fingerprint density at radius 3 is 3.00 bits per heavy atom. The molecular weight excluding hydrogens is 366 g/mol. The quantitative estimate of drug-likeness (QED) is 0.672. The number of pyridine rings is 1. The van der Waals surface area contributed by atoms with Crippen LogP contribution in [0.4, 0.5) is 5.82 Å². The van der Waals surface area contributed by atoms with Gasteiger partial charge in [-0.1, -0.05) is 12.1 Å². The van der Waals surface area contributed by atoms with Gasteiger partial charge in [0.05, 0.1) is 6.54 Å². The molecule has 2 aromatic heterocycles. The second-order valence-electron chi connectivity index (χ2n) is 7.42. The molecule has 0 saturated heterocycles. The molecule has 0 bridgehead atoms. The van der Waals surface area contributed by atoms with Crippen LogP contribution in [0.3, 0.4) is 0 Å². The molecule has 7 nitrogen and oxygen atoms in total. The van der Waals surface area contributed by atoms with Gasteiger partial charge in [0, 0.05) is 49.7 Å². The second-order valence-corrected chi connectivity index (χ2v) is 7.42. The number of rotatable bonds is 4. The molecular formula is C22H23N5O2. The zero-order chi connectivity index (χ0) is 20.4. The van der Waals surface area contributed by atoms with Crippen molar-refractivity contribution in [3.63, 3.8) is 0 Å². The van der Waals surface area contributed by atoms with Crippen LogP contribution in [0.1, 0.15) is 16.7 Å². The fourth-order valence-electron chi connectivity index (χ4n) is 3.46. The lowest BCUT2D eigenvalue weighted by Gasteiger charge is -2.15. The Hall–Kier alpha value is -3.45. The maximum atomic E-state index is 12.5. The van der Waals surface area contributed by atoms with E-state index in [0.29, 0.717) is 25.5 Å². The van der Waals surface area contributed by atoms with Crippen LogP contribution in [-0.4, -0.2) is 52.2 Å². The second kappa shape index (κ2) is 7.89. The van der Waals surface area contributed by atoms with E-state index in [1.807, 2.05) is 42.4 Å². The van der Waals surface area contributed by atoms with E-state index in [2.05, 4.69) is 21.4 Å². The predicted octanol–water partition coefficient (Wildman–Crippen LogP) is 2.62. The molecule has 1 aliphatic rings. The van der Waals surface area contributed by atoms with Gasteiger partial charge in [0.1, 0.15) is 5.82 Å². The van der Waals surface area contributed by atoms with E-state index >= 15 is 0 Å². The highest BCUT2D eigenvalue weighted by molar-refractivity contribution is 5.93. The largest absolute Gasteiger partial charge is 0.361 e. The molecule has 1 aliphatic heterocycles. The molecule has 3 aromatic rings. The van der Waals surface area contributed by atoms with Crippen molar-refractivity contribution in [2.45, 2.75) is 13.1 Å². The van der Waals surface area contributed by atoms with Gasteiger partial charge in [-0.05, 0) is 47.8 Å². The Morgan fingerprint density at radius 2 is 2.14 bits per heavy atom. The number of H-pyrrole nitrogens is 1. The summed E-state index contributed by atoms with van der Waals surface area (Å²) in [5, 5.41) is 3.96. The molecule has 1 aromatic carbocycles. The maximum absolute atomic E-state index is 12.5. The molecule has 0 spiro atoms. The summed E-state index contributed by atoms with van der Waals surface area (Å²) in [6.45, 7) is 1.48. The Bertz CT molecular complexity index is 1100. The molecule has 0 unspecified atom stereocenters. The summed E-state index contributed by atoms with van der Waals surface area (Å²) in [6.07, 6.45) is 6.87. The number of amides is 2. The summed E-state index contributed by atoms with van der Waals surface area (Å²) >= 11 is 0. The lowest BCUT2D eigenvalue weighted by Crippen LogP contribution is -2.26. The third kappa shape index (κ3) is 4.35. The van der Waals surface area contributed by atoms with Gasteiger partial charge in [0.25, 0.3) is 0 Å². The van der Waals surface area contributed by atoms with Crippen LogP contribution in [-0.2, 0) is 22.7 Å². The first-order chi connectivity index (χ1) is 14.0. The van der Waals surface area contributed by atoms with Gasteiger partial charge in [0.15, 0.2) is 0 Å². The minimum absolute atomic E-state index is 0.0728.